The first-order chi connectivity index (χ1) is 9.80. The van der Waals surface area contributed by atoms with Crippen LogP contribution in [0.25, 0.3) is 0 Å². The fourth-order valence-corrected chi connectivity index (χ4v) is 5.12. The Hall–Kier alpha value is -0.560. The van der Waals surface area contributed by atoms with Crippen molar-refractivity contribution in [2.75, 3.05) is 18.6 Å². The molecule has 108 valence electrons. The highest BCUT2D eigenvalue weighted by molar-refractivity contribution is 8.20. The van der Waals surface area contributed by atoms with Gasteiger partial charge in [0.15, 0.2) is 0 Å². The van der Waals surface area contributed by atoms with Crippen molar-refractivity contribution in [1.29, 1.82) is 0 Å². The van der Waals surface area contributed by atoms with Gasteiger partial charge in [-0.3, -0.25) is 0 Å². The molecule has 1 aromatic rings. The smallest absolute Gasteiger partial charge is 0.147 e. The van der Waals surface area contributed by atoms with E-state index in [0.717, 1.165) is 6.42 Å². The maximum atomic E-state index is 5.17. The van der Waals surface area contributed by atoms with Gasteiger partial charge in [-0.2, -0.15) is 0 Å². The van der Waals surface area contributed by atoms with Gasteiger partial charge in [-0.25, -0.2) is 0 Å². The Morgan fingerprint density at radius 3 is 2.50 bits per heavy atom. The summed E-state index contributed by atoms with van der Waals surface area (Å²) in [6, 6.07) is 8.75. The summed E-state index contributed by atoms with van der Waals surface area (Å²) in [5.41, 5.74) is 2.55. The molecule has 2 rings (SSSR count). The summed E-state index contributed by atoms with van der Waals surface area (Å²) in [5, 5.41) is 0. The van der Waals surface area contributed by atoms with Crippen LogP contribution in [0.1, 0.15) is 37.3 Å². The van der Waals surface area contributed by atoms with Crippen LogP contribution in [0.4, 0.5) is 0 Å². The molecule has 0 N–H and O–H groups in total. The minimum absolute atomic E-state index is 0.0423. The van der Waals surface area contributed by atoms with Crippen LogP contribution in [0.5, 0.6) is 0 Å². The summed E-state index contributed by atoms with van der Waals surface area (Å²) < 4.78 is 5.13. The number of benzene rings is 1. The molecule has 0 aliphatic carbocycles. The van der Waals surface area contributed by atoms with Crippen LogP contribution in [-0.4, -0.2) is 18.6 Å². The minimum Gasteiger partial charge on any atom is -0.380 e. The summed E-state index contributed by atoms with van der Waals surface area (Å²) in [4.78, 5) is 0. The van der Waals surface area contributed by atoms with Crippen LogP contribution in [0, 0.1) is 11.8 Å². The van der Waals surface area contributed by atoms with Crippen molar-refractivity contribution >= 4 is 23.5 Å². The summed E-state index contributed by atoms with van der Waals surface area (Å²) in [6.07, 6.45) is 3.43. The molecule has 0 unspecified atom stereocenters. The quantitative estimate of drug-likeness (QED) is 0.578. The van der Waals surface area contributed by atoms with Gasteiger partial charge in [0.2, 0.25) is 0 Å². The number of unbranched alkanes of at least 4 members (excludes halogenated alkanes) is 2. The fourth-order valence-electron chi connectivity index (χ4n) is 2.15. The molecule has 1 fully saturated rings. The van der Waals surface area contributed by atoms with Crippen molar-refractivity contribution in [1.82, 2.24) is 0 Å². The molecular weight excluding hydrogens is 284 g/mol. The molecule has 1 aliphatic rings. The second-order valence-electron chi connectivity index (χ2n) is 4.85. The summed E-state index contributed by atoms with van der Waals surface area (Å²) in [6.45, 7) is 2.89. The molecule has 0 radical (unpaired) electrons. The fraction of sp³-hybridized carbons (Fsp3) is 0.529. The van der Waals surface area contributed by atoms with E-state index in [1.807, 2.05) is 23.5 Å². The number of hydrogen-bond donors (Lipinski definition) is 0. The van der Waals surface area contributed by atoms with Gasteiger partial charge >= 0.3 is 0 Å². The summed E-state index contributed by atoms with van der Waals surface area (Å²) in [5.74, 6) is 9.31. The molecule has 0 atom stereocenters. The molecule has 0 amide bonds. The predicted molar refractivity (Wildman–Crippen MR) is 91.1 cm³/mol. The van der Waals surface area contributed by atoms with E-state index in [4.69, 9.17) is 4.74 Å². The lowest BCUT2D eigenvalue weighted by Crippen LogP contribution is -2.11. The molecule has 20 heavy (non-hydrogen) atoms. The van der Waals surface area contributed by atoms with Gasteiger partial charge in [0, 0.05) is 25.0 Å². The molecule has 0 saturated carbocycles. The Morgan fingerprint density at radius 2 is 1.90 bits per heavy atom. The van der Waals surface area contributed by atoms with Gasteiger partial charge in [0.05, 0.1) is 6.61 Å². The Labute approximate surface area is 131 Å². The largest absolute Gasteiger partial charge is 0.380 e. The number of methoxy groups -OCH3 is 1. The summed E-state index contributed by atoms with van der Waals surface area (Å²) in [7, 11) is 1.73. The SMILES string of the molecule is CCCCC#CC1(c2ccc(COC)cc2)SCCS1. The van der Waals surface area contributed by atoms with E-state index in [1.54, 1.807) is 7.11 Å². The number of rotatable bonds is 5. The van der Waals surface area contributed by atoms with Crippen molar-refractivity contribution in [3.05, 3.63) is 35.4 Å². The molecular formula is C17H22OS2. The summed E-state index contributed by atoms with van der Waals surface area (Å²) >= 11 is 3.96. The average molecular weight is 306 g/mol. The van der Waals surface area contributed by atoms with Gasteiger partial charge in [0.1, 0.15) is 4.08 Å². The Balaban J connectivity index is 2.16. The van der Waals surface area contributed by atoms with Crippen molar-refractivity contribution in [2.24, 2.45) is 0 Å². The zero-order chi connectivity index (χ0) is 14.3. The average Bonchev–Trinajstić information content (AvgIpc) is 2.95. The molecule has 1 aliphatic heterocycles. The lowest BCUT2D eigenvalue weighted by Gasteiger charge is -2.21. The third-order valence-electron chi connectivity index (χ3n) is 3.25. The zero-order valence-corrected chi connectivity index (χ0v) is 13.9. The van der Waals surface area contributed by atoms with Gasteiger partial charge in [0.25, 0.3) is 0 Å². The van der Waals surface area contributed by atoms with E-state index in [2.05, 4.69) is 43.0 Å². The first-order valence-electron chi connectivity index (χ1n) is 7.17. The highest BCUT2D eigenvalue weighted by Crippen LogP contribution is 2.51. The van der Waals surface area contributed by atoms with E-state index in [0.29, 0.717) is 6.61 Å². The van der Waals surface area contributed by atoms with Crippen molar-refractivity contribution in [3.63, 3.8) is 0 Å². The second kappa shape index (κ2) is 8.02. The monoisotopic (exact) mass is 306 g/mol. The Morgan fingerprint density at radius 1 is 1.20 bits per heavy atom. The second-order valence-corrected chi connectivity index (χ2v) is 7.73. The van der Waals surface area contributed by atoms with Gasteiger partial charge < -0.3 is 4.74 Å². The van der Waals surface area contributed by atoms with E-state index >= 15 is 0 Å². The third-order valence-corrected chi connectivity index (χ3v) is 6.52. The zero-order valence-electron chi connectivity index (χ0n) is 12.3. The maximum Gasteiger partial charge on any atom is 0.147 e. The highest BCUT2D eigenvalue weighted by atomic mass is 32.2. The van der Waals surface area contributed by atoms with Crippen LogP contribution in [0.3, 0.4) is 0 Å². The number of ether oxygens (including phenoxy) is 1. The van der Waals surface area contributed by atoms with E-state index < -0.39 is 0 Å². The standard InChI is InChI=1S/C17H22OS2/c1-3-4-5-6-11-17(19-12-13-20-17)16-9-7-15(8-10-16)14-18-2/h7-10H,3-5,12-14H2,1-2H3. The normalized spacial score (nSPS) is 16.7. The predicted octanol–water partition coefficient (Wildman–Crippen LogP) is 4.66. The van der Waals surface area contributed by atoms with Crippen LogP contribution >= 0.6 is 23.5 Å². The Bertz CT molecular complexity index is 464. The molecule has 1 aromatic carbocycles. The highest BCUT2D eigenvalue weighted by Gasteiger charge is 2.35. The minimum atomic E-state index is -0.0423. The van der Waals surface area contributed by atoms with Crippen molar-refractivity contribution < 1.29 is 4.74 Å². The van der Waals surface area contributed by atoms with Crippen molar-refractivity contribution in [2.45, 2.75) is 36.9 Å². The van der Waals surface area contributed by atoms with Crippen molar-refractivity contribution in [3.8, 4) is 11.8 Å². The molecule has 0 bridgehead atoms. The molecule has 1 nitrogen and oxygen atoms in total. The molecule has 0 spiro atoms. The van der Waals surface area contributed by atoms with Crippen LogP contribution in [-0.2, 0) is 15.4 Å². The van der Waals surface area contributed by atoms with E-state index in [1.165, 1.54) is 35.5 Å². The number of thioether (sulfide) groups is 2. The molecule has 1 heterocycles. The molecule has 1 saturated heterocycles. The topological polar surface area (TPSA) is 9.23 Å². The molecule has 0 aromatic heterocycles. The van der Waals surface area contributed by atoms with Gasteiger partial charge in [-0.05, 0) is 17.5 Å². The van der Waals surface area contributed by atoms with E-state index in [-0.39, 0.29) is 4.08 Å². The van der Waals surface area contributed by atoms with Crippen LogP contribution < -0.4 is 0 Å². The van der Waals surface area contributed by atoms with Crippen LogP contribution in [0.15, 0.2) is 24.3 Å². The Kier molecular flexibility index (Phi) is 6.35. The van der Waals surface area contributed by atoms with Gasteiger partial charge in [-0.1, -0.05) is 43.5 Å². The third kappa shape index (κ3) is 3.97. The molecule has 3 heteroatoms. The first-order valence-corrected chi connectivity index (χ1v) is 9.14. The lowest BCUT2D eigenvalue weighted by molar-refractivity contribution is 0.185. The first kappa shape index (κ1) is 15.8. The maximum absolute atomic E-state index is 5.17. The van der Waals surface area contributed by atoms with E-state index in [9.17, 15) is 0 Å². The van der Waals surface area contributed by atoms with Crippen LogP contribution in [0.2, 0.25) is 0 Å². The lowest BCUT2D eigenvalue weighted by atomic mass is 10.1. The van der Waals surface area contributed by atoms with Gasteiger partial charge in [-0.15, -0.1) is 29.4 Å². The number of hydrogen-bond acceptors (Lipinski definition) is 3.